The van der Waals surface area contributed by atoms with E-state index in [1.807, 2.05) is 58.0 Å². The summed E-state index contributed by atoms with van der Waals surface area (Å²) in [6.07, 6.45) is 1.49. The van der Waals surface area contributed by atoms with Crippen molar-refractivity contribution in [3.8, 4) is 17.1 Å². The molecule has 1 fully saturated rings. The third kappa shape index (κ3) is 4.09. The normalized spacial score (nSPS) is 16.1. The topological polar surface area (TPSA) is 85.2 Å². The molecule has 0 saturated carbocycles. The van der Waals surface area contributed by atoms with E-state index >= 15 is 0 Å². The fourth-order valence-electron chi connectivity index (χ4n) is 4.16. The van der Waals surface area contributed by atoms with E-state index in [0.717, 1.165) is 11.3 Å². The summed E-state index contributed by atoms with van der Waals surface area (Å²) in [7, 11) is 0. The van der Waals surface area contributed by atoms with Crippen molar-refractivity contribution >= 4 is 46.2 Å². The highest BCUT2D eigenvalue weighted by Crippen LogP contribution is 2.35. The Hall–Kier alpha value is -3.20. The highest BCUT2D eigenvalue weighted by molar-refractivity contribution is 6.33. The lowest BCUT2D eigenvalue weighted by Gasteiger charge is -2.35. The summed E-state index contributed by atoms with van der Waals surface area (Å²) in [5.74, 6) is 0.892. The quantitative estimate of drug-likeness (QED) is 0.415. The van der Waals surface area contributed by atoms with Gasteiger partial charge in [-0.3, -0.25) is 4.57 Å². The van der Waals surface area contributed by atoms with Gasteiger partial charge in [-0.2, -0.15) is 0 Å². The Morgan fingerprint density at radius 1 is 1.15 bits per heavy atom. The number of nitrogens with one attached hydrogen (secondary N) is 1. The zero-order chi connectivity index (χ0) is 23.7. The van der Waals surface area contributed by atoms with Crippen LogP contribution in [-0.2, 0) is 9.53 Å². The van der Waals surface area contributed by atoms with Crippen LogP contribution < -0.4 is 10.2 Å². The lowest BCUT2D eigenvalue weighted by molar-refractivity contribution is -0.144. The first kappa shape index (κ1) is 22.6. The largest absolute Gasteiger partial charge is 0.464 e. The summed E-state index contributed by atoms with van der Waals surface area (Å²) in [6.45, 7) is 3.84. The van der Waals surface area contributed by atoms with Crippen molar-refractivity contribution in [3.63, 3.8) is 0 Å². The van der Waals surface area contributed by atoms with Gasteiger partial charge in [0.25, 0.3) is 0 Å². The fourth-order valence-corrected chi connectivity index (χ4v) is 4.50. The number of ether oxygens (including phenoxy) is 1. The maximum absolute atomic E-state index is 12.7. The van der Waals surface area contributed by atoms with Crippen LogP contribution in [0.15, 0.2) is 54.9 Å². The number of aromatic nitrogens is 4. The first-order valence-electron chi connectivity index (χ1n) is 11.0. The van der Waals surface area contributed by atoms with Crippen LogP contribution in [0, 0.1) is 0 Å². The number of piperazine rings is 1. The van der Waals surface area contributed by atoms with Gasteiger partial charge in [0.15, 0.2) is 17.0 Å². The number of nitrogens with zero attached hydrogens (tertiary/aromatic N) is 5. The number of imidazole rings is 1. The van der Waals surface area contributed by atoms with Gasteiger partial charge >= 0.3 is 5.97 Å². The van der Waals surface area contributed by atoms with Crippen molar-refractivity contribution in [3.05, 3.63) is 64.9 Å². The van der Waals surface area contributed by atoms with Gasteiger partial charge in [-0.05, 0) is 43.3 Å². The molecule has 0 bridgehead atoms. The van der Waals surface area contributed by atoms with Crippen LogP contribution >= 0.6 is 23.2 Å². The van der Waals surface area contributed by atoms with Gasteiger partial charge in [-0.25, -0.2) is 19.7 Å². The van der Waals surface area contributed by atoms with E-state index in [1.54, 1.807) is 6.92 Å². The van der Waals surface area contributed by atoms with Crippen molar-refractivity contribution in [2.45, 2.75) is 13.0 Å². The van der Waals surface area contributed by atoms with Gasteiger partial charge in [-0.15, -0.1) is 0 Å². The number of hydrogen-bond donors (Lipinski definition) is 1. The van der Waals surface area contributed by atoms with Crippen molar-refractivity contribution < 1.29 is 9.53 Å². The number of carbonyl (C=O) groups is 1. The third-order valence-electron chi connectivity index (χ3n) is 5.70. The van der Waals surface area contributed by atoms with E-state index in [1.165, 1.54) is 6.33 Å². The van der Waals surface area contributed by atoms with Crippen LogP contribution in [0.25, 0.3) is 28.2 Å². The smallest absolute Gasteiger partial charge is 0.330 e. The van der Waals surface area contributed by atoms with E-state index in [2.05, 4.69) is 15.3 Å². The summed E-state index contributed by atoms with van der Waals surface area (Å²) in [6, 6.07) is 14.4. The van der Waals surface area contributed by atoms with Crippen molar-refractivity contribution in [2.75, 3.05) is 31.1 Å². The number of anilines is 1. The van der Waals surface area contributed by atoms with Crippen molar-refractivity contribution in [1.82, 2.24) is 24.8 Å². The molecule has 1 saturated heterocycles. The molecule has 34 heavy (non-hydrogen) atoms. The molecule has 1 unspecified atom stereocenters. The summed E-state index contributed by atoms with van der Waals surface area (Å²) in [4.78, 5) is 28.7. The molecule has 5 rings (SSSR count). The Balaban J connectivity index is 1.74. The molecule has 2 aromatic heterocycles. The molecule has 1 atom stereocenters. The Morgan fingerprint density at radius 2 is 1.94 bits per heavy atom. The molecule has 10 heteroatoms. The minimum atomic E-state index is -0.517. The maximum Gasteiger partial charge on any atom is 0.330 e. The monoisotopic (exact) mass is 496 g/mol. The van der Waals surface area contributed by atoms with E-state index in [0.29, 0.717) is 59.1 Å². The molecular formula is C24H22Cl2N6O2. The molecule has 0 radical (unpaired) electrons. The number of hydrogen-bond acceptors (Lipinski definition) is 7. The Morgan fingerprint density at radius 3 is 2.71 bits per heavy atom. The Bertz CT molecular complexity index is 1340. The highest BCUT2D eigenvalue weighted by Gasteiger charge is 2.33. The molecule has 3 heterocycles. The lowest BCUT2D eigenvalue weighted by Crippen LogP contribution is -2.56. The zero-order valence-corrected chi connectivity index (χ0v) is 19.9. The van der Waals surface area contributed by atoms with Crippen LogP contribution in [-0.4, -0.2) is 57.8 Å². The highest BCUT2D eigenvalue weighted by atomic mass is 35.5. The molecule has 8 nitrogen and oxygen atoms in total. The summed E-state index contributed by atoms with van der Waals surface area (Å²) >= 11 is 12.7. The number of rotatable bonds is 5. The van der Waals surface area contributed by atoms with Crippen LogP contribution in [0.3, 0.4) is 0 Å². The third-order valence-corrected chi connectivity index (χ3v) is 6.28. The Kier molecular flexibility index (Phi) is 6.36. The molecule has 1 aliphatic rings. The van der Waals surface area contributed by atoms with E-state index in [-0.39, 0.29) is 5.97 Å². The average Bonchev–Trinajstić information content (AvgIpc) is 3.24. The SMILES string of the molecule is CCOC(=O)C1CNCCN1c1ncnc2c1nc(-c1ccccc1Cl)n2-c1ccc(Cl)cc1. The molecule has 1 aliphatic heterocycles. The van der Waals surface area contributed by atoms with Crippen molar-refractivity contribution in [2.24, 2.45) is 0 Å². The van der Waals surface area contributed by atoms with Gasteiger partial charge in [0.05, 0.1) is 11.6 Å². The van der Waals surface area contributed by atoms with Crippen LogP contribution in [0.2, 0.25) is 10.0 Å². The predicted molar refractivity (Wildman–Crippen MR) is 133 cm³/mol. The van der Waals surface area contributed by atoms with E-state index in [4.69, 9.17) is 32.9 Å². The Labute approximate surface area is 206 Å². The van der Waals surface area contributed by atoms with Gasteiger partial charge < -0.3 is 15.0 Å². The number of halogens is 2. The maximum atomic E-state index is 12.7. The molecule has 2 aromatic carbocycles. The van der Waals surface area contributed by atoms with Crippen molar-refractivity contribution in [1.29, 1.82) is 0 Å². The molecule has 0 amide bonds. The summed E-state index contributed by atoms with van der Waals surface area (Å²) in [5.41, 5.74) is 2.76. The molecule has 174 valence electrons. The first-order chi connectivity index (χ1) is 16.6. The van der Waals surface area contributed by atoms with Gasteiger partial charge in [-0.1, -0.05) is 35.3 Å². The molecule has 0 aliphatic carbocycles. The van der Waals surface area contributed by atoms with Gasteiger partial charge in [0.2, 0.25) is 0 Å². The summed E-state index contributed by atoms with van der Waals surface area (Å²) < 4.78 is 7.25. The van der Waals surface area contributed by atoms with E-state index in [9.17, 15) is 4.79 Å². The minimum absolute atomic E-state index is 0.301. The second kappa shape index (κ2) is 9.58. The first-order valence-corrected chi connectivity index (χ1v) is 11.7. The molecule has 4 aromatic rings. The van der Waals surface area contributed by atoms with Crippen LogP contribution in [0.5, 0.6) is 0 Å². The van der Waals surface area contributed by atoms with Gasteiger partial charge in [0, 0.05) is 35.9 Å². The van der Waals surface area contributed by atoms with Crippen LogP contribution in [0.4, 0.5) is 5.82 Å². The molecular weight excluding hydrogens is 475 g/mol. The second-order valence-corrected chi connectivity index (χ2v) is 8.61. The van der Waals surface area contributed by atoms with E-state index < -0.39 is 6.04 Å². The molecule has 0 spiro atoms. The zero-order valence-electron chi connectivity index (χ0n) is 18.4. The molecule has 1 N–H and O–H groups in total. The number of esters is 1. The average molecular weight is 497 g/mol. The number of benzene rings is 2. The fraction of sp³-hybridized carbons (Fsp3) is 0.250. The minimum Gasteiger partial charge on any atom is -0.464 e. The standard InChI is InChI=1S/C24H22Cl2N6O2/c1-2-34-24(33)19-13-27-11-12-31(19)22-20-23(29-14-28-22)32(16-9-7-15(25)8-10-16)21(30-20)17-5-3-4-6-18(17)26/h3-10,14,19,27H,2,11-13H2,1H3. The second-order valence-electron chi connectivity index (χ2n) is 7.76. The lowest BCUT2D eigenvalue weighted by atomic mass is 10.2. The predicted octanol–water partition coefficient (Wildman–Crippen LogP) is 4.13. The van der Waals surface area contributed by atoms with Gasteiger partial charge in [0.1, 0.15) is 18.2 Å². The van der Waals surface area contributed by atoms with Crippen LogP contribution in [0.1, 0.15) is 6.92 Å². The summed E-state index contributed by atoms with van der Waals surface area (Å²) in [5, 5.41) is 4.45. The number of carbonyl (C=O) groups excluding carboxylic acids is 1. The number of fused-ring (bicyclic) bond motifs is 1.